The Morgan fingerprint density at radius 3 is 2.86 bits per heavy atom. The summed E-state index contributed by atoms with van der Waals surface area (Å²) in [6.45, 7) is 2.09. The molecule has 0 amide bonds. The van der Waals surface area contributed by atoms with Crippen LogP contribution in [0.3, 0.4) is 0 Å². The predicted molar refractivity (Wildman–Crippen MR) is 58.8 cm³/mol. The van der Waals surface area contributed by atoms with E-state index in [4.69, 9.17) is 0 Å². The molecule has 0 saturated carbocycles. The normalized spacial score (nSPS) is 16.1. The van der Waals surface area contributed by atoms with Gasteiger partial charge in [0.15, 0.2) is 5.82 Å². The van der Waals surface area contributed by atoms with Gasteiger partial charge in [0.05, 0.1) is 11.7 Å². The average Bonchev–Trinajstić information content (AvgIpc) is 2.12. The molecule has 1 saturated heterocycles. The Balaban J connectivity index is 2.13. The molecule has 0 radical (unpaired) electrons. The van der Waals surface area contributed by atoms with Gasteiger partial charge in [-0.1, -0.05) is 0 Å². The predicted octanol–water partition coefficient (Wildman–Crippen LogP) is 0.531. The molecule has 0 unspecified atom stereocenters. The molecular weight excluding hydrogens is 176 g/mol. The van der Waals surface area contributed by atoms with E-state index in [-0.39, 0.29) is 0 Å². The van der Waals surface area contributed by atoms with Crippen molar-refractivity contribution in [2.24, 2.45) is 0 Å². The van der Waals surface area contributed by atoms with Crippen LogP contribution in [0.25, 0.3) is 0 Å². The van der Waals surface area contributed by atoms with Crippen LogP contribution in [0.2, 0.25) is 0 Å². The molecule has 0 aromatic carbocycles. The molecule has 1 aromatic heterocycles. The number of anilines is 2. The summed E-state index contributed by atoms with van der Waals surface area (Å²) >= 11 is 0. The van der Waals surface area contributed by atoms with E-state index >= 15 is 0 Å². The lowest BCUT2D eigenvalue weighted by atomic mass is 10.1. The molecule has 0 spiro atoms. The molecular formula is C10H16N4. The molecule has 1 fully saturated rings. The van der Waals surface area contributed by atoms with E-state index < -0.39 is 0 Å². The minimum Gasteiger partial charge on any atom is -0.377 e. The minimum absolute atomic E-state index is 0.554. The van der Waals surface area contributed by atoms with Gasteiger partial charge in [0.25, 0.3) is 0 Å². The monoisotopic (exact) mass is 192 g/mol. The summed E-state index contributed by atoms with van der Waals surface area (Å²) < 4.78 is 0. The average molecular weight is 192 g/mol. The highest BCUT2D eigenvalue weighted by molar-refractivity contribution is 5.65. The molecule has 4 heteroatoms. The van der Waals surface area contributed by atoms with Crippen molar-refractivity contribution in [2.45, 2.75) is 6.04 Å². The SMILES string of the molecule is CN(C)c1ncccc1NC1CNC1. The summed E-state index contributed by atoms with van der Waals surface area (Å²) in [6.07, 6.45) is 1.82. The van der Waals surface area contributed by atoms with Crippen molar-refractivity contribution in [2.75, 3.05) is 37.4 Å². The van der Waals surface area contributed by atoms with Gasteiger partial charge in [-0.05, 0) is 12.1 Å². The largest absolute Gasteiger partial charge is 0.377 e. The molecule has 0 bridgehead atoms. The van der Waals surface area contributed by atoms with Crippen LogP contribution in [-0.2, 0) is 0 Å². The minimum atomic E-state index is 0.554. The van der Waals surface area contributed by atoms with Gasteiger partial charge in [0.2, 0.25) is 0 Å². The summed E-state index contributed by atoms with van der Waals surface area (Å²) in [5, 5.41) is 6.70. The second-order valence-corrected chi connectivity index (χ2v) is 3.77. The Kier molecular flexibility index (Phi) is 2.54. The molecule has 2 rings (SSSR count). The highest BCUT2D eigenvalue weighted by Crippen LogP contribution is 2.21. The van der Waals surface area contributed by atoms with E-state index in [1.54, 1.807) is 0 Å². The number of aromatic nitrogens is 1. The number of nitrogens with zero attached hydrogens (tertiary/aromatic N) is 2. The van der Waals surface area contributed by atoms with Gasteiger partial charge < -0.3 is 15.5 Å². The standard InChI is InChI=1S/C10H16N4/c1-14(2)10-9(4-3-5-12-10)13-8-6-11-7-8/h3-5,8,11,13H,6-7H2,1-2H3. The Morgan fingerprint density at radius 2 is 2.29 bits per heavy atom. The third-order valence-electron chi connectivity index (χ3n) is 2.35. The summed E-state index contributed by atoms with van der Waals surface area (Å²) in [5.74, 6) is 0.999. The smallest absolute Gasteiger partial charge is 0.151 e. The lowest BCUT2D eigenvalue weighted by Gasteiger charge is -2.30. The summed E-state index contributed by atoms with van der Waals surface area (Å²) in [7, 11) is 4.01. The second-order valence-electron chi connectivity index (χ2n) is 3.77. The Morgan fingerprint density at radius 1 is 1.50 bits per heavy atom. The van der Waals surface area contributed by atoms with Crippen LogP contribution in [0.1, 0.15) is 0 Å². The zero-order chi connectivity index (χ0) is 9.97. The molecule has 4 nitrogen and oxygen atoms in total. The van der Waals surface area contributed by atoms with Gasteiger partial charge in [-0.25, -0.2) is 4.98 Å². The highest BCUT2D eigenvalue weighted by atomic mass is 15.2. The first-order valence-electron chi connectivity index (χ1n) is 4.87. The first-order chi connectivity index (χ1) is 6.77. The zero-order valence-electron chi connectivity index (χ0n) is 8.62. The quantitative estimate of drug-likeness (QED) is 0.733. The number of nitrogens with one attached hydrogen (secondary N) is 2. The van der Waals surface area contributed by atoms with Crippen LogP contribution in [0.4, 0.5) is 11.5 Å². The van der Waals surface area contributed by atoms with E-state index in [9.17, 15) is 0 Å². The first kappa shape index (κ1) is 9.27. The van der Waals surface area contributed by atoms with Crippen molar-refractivity contribution < 1.29 is 0 Å². The van der Waals surface area contributed by atoms with Crippen molar-refractivity contribution in [1.29, 1.82) is 0 Å². The fourth-order valence-electron chi connectivity index (χ4n) is 1.48. The van der Waals surface area contributed by atoms with Crippen molar-refractivity contribution in [3.63, 3.8) is 0 Å². The first-order valence-corrected chi connectivity index (χ1v) is 4.87. The molecule has 2 heterocycles. The van der Waals surface area contributed by atoms with E-state index in [2.05, 4.69) is 21.7 Å². The van der Waals surface area contributed by atoms with Crippen molar-refractivity contribution >= 4 is 11.5 Å². The van der Waals surface area contributed by atoms with Crippen molar-refractivity contribution in [3.8, 4) is 0 Å². The number of hydrogen-bond donors (Lipinski definition) is 2. The Hall–Kier alpha value is -1.29. The third kappa shape index (κ3) is 1.80. The molecule has 0 atom stereocenters. The Labute approximate surface area is 84.3 Å². The fraction of sp³-hybridized carbons (Fsp3) is 0.500. The van der Waals surface area contributed by atoms with Gasteiger partial charge in [0.1, 0.15) is 0 Å². The lowest BCUT2D eigenvalue weighted by Crippen LogP contribution is -2.51. The zero-order valence-corrected chi connectivity index (χ0v) is 8.62. The molecule has 2 N–H and O–H groups in total. The number of rotatable bonds is 3. The maximum absolute atomic E-state index is 4.33. The van der Waals surface area contributed by atoms with Gasteiger partial charge in [-0.15, -0.1) is 0 Å². The van der Waals surface area contributed by atoms with E-state index in [0.717, 1.165) is 24.6 Å². The maximum Gasteiger partial charge on any atom is 0.151 e. The van der Waals surface area contributed by atoms with E-state index in [1.165, 1.54) is 0 Å². The van der Waals surface area contributed by atoms with Gasteiger partial charge >= 0.3 is 0 Å². The Bertz CT molecular complexity index is 307. The van der Waals surface area contributed by atoms with Crippen LogP contribution < -0.4 is 15.5 Å². The van der Waals surface area contributed by atoms with Crippen LogP contribution in [0, 0.1) is 0 Å². The second kappa shape index (κ2) is 3.84. The van der Waals surface area contributed by atoms with Gasteiger partial charge in [-0.2, -0.15) is 0 Å². The molecule has 1 aromatic rings. The van der Waals surface area contributed by atoms with E-state index in [0.29, 0.717) is 6.04 Å². The van der Waals surface area contributed by atoms with E-state index in [1.807, 2.05) is 31.3 Å². The summed E-state index contributed by atoms with van der Waals surface area (Å²) in [5.41, 5.74) is 1.11. The molecule has 14 heavy (non-hydrogen) atoms. The molecule has 1 aliphatic heterocycles. The third-order valence-corrected chi connectivity index (χ3v) is 2.35. The van der Waals surface area contributed by atoms with Gasteiger partial charge in [-0.3, -0.25) is 0 Å². The van der Waals surface area contributed by atoms with Crippen LogP contribution in [0.15, 0.2) is 18.3 Å². The number of hydrogen-bond acceptors (Lipinski definition) is 4. The molecule has 76 valence electrons. The number of pyridine rings is 1. The topological polar surface area (TPSA) is 40.2 Å². The van der Waals surface area contributed by atoms with Crippen LogP contribution in [-0.4, -0.2) is 38.2 Å². The van der Waals surface area contributed by atoms with Crippen LogP contribution >= 0.6 is 0 Å². The molecule has 1 aliphatic rings. The fourth-order valence-corrected chi connectivity index (χ4v) is 1.48. The van der Waals surface area contributed by atoms with Crippen molar-refractivity contribution in [3.05, 3.63) is 18.3 Å². The van der Waals surface area contributed by atoms with Crippen LogP contribution in [0.5, 0.6) is 0 Å². The summed E-state index contributed by atoms with van der Waals surface area (Å²) in [4.78, 5) is 6.35. The lowest BCUT2D eigenvalue weighted by molar-refractivity contribution is 0.472. The van der Waals surface area contributed by atoms with Crippen molar-refractivity contribution in [1.82, 2.24) is 10.3 Å². The maximum atomic E-state index is 4.33. The molecule has 0 aliphatic carbocycles. The van der Waals surface area contributed by atoms with Gasteiger partial charge in [0, 0.05) is 33.4 Å². The summed E-state index contributed by atoms with van der Waals surface area (Å²) in [6, 6.07) is 4.58. The highest BCUT2D eigenvalue weighted by Gasteiger charge is 2.17.